The smallest absolute Gasteiger partial charge is 0.118 e. The van der Waals surface area contributed by atoms with Gasteiger partial charge < -0.3 is 10.1 Å². The van der Waals surface area contributed by atoms with Gasteiger partial charge in [-0.2, -0.15) is 5.10 Å². The summed E-state index contributed by atoms with van der Waals surface area (Å²) in [5, 5.41) is 9.02. The van der Waals surface area contributed by atoms with E-state index >= 15 is 0 Å². The highest BCUT2D eigenvalue weighted by Crippen LogP contribution is 2.21. The van der Waals surface area contributed by atoms with E-state index in [0.29, 0.717) is 0 Å². The Labute approximate surface area is 124 Å². The molecule has 1 atom stereocenters. The summed E-state index contributed by atoms with van der Waals surface area (Å²) in [5.74, 6) is 0.873. The topological polar surface area (TPSA) is 39.1 Å². The first kappa shape index (κ1) is 13.6. The molecule has 0 aliphatic heterocycles. The maximum atomic E-state index is 5.21. The van der Waals surface area contributed by atoms with Crippen LogP contribution in [-0.4, -0.2) is 23.9 Å². The Morgan fingerprint density at radius 2 is 1.90 bits per heavy atom. The lowest BCUT2D eigenvalue weighted by Crippen LogP contribution is -2.22. The molecule has 0 bridgehead atoms. The zero-order chi connectivity index (χ0) is 14.7. The zero-order valence-electron chi connectivity index (χ0n) is 12.3. The van der Waals surface area contributed by atoms with Crippen LogP contribution in [0, 0.1) is 0 Å². The molecule has 1 N–H and O–H groups in total. The van der Waals surface area contributed by atoms with E-state index in [9.17, 15) is 0 Å². The molecule has 4 heteroatoms. The van der Waals surface area contributed by atoms with Crippen molar-refractivity contribution in [3.05, 3.63) is 60.3 Å². The third kappa shape index (κ3) is 2.76. The Bertz CT molecular complexity index is 718. The summed E-state index contributed by atoms with van der Waals surface area (Å²) in [4.78, 5) is 0. The predicted molar refractivity (Wildman–Crippen MR) is 84.5 cm³/mol. The minimum Gasteiger partial charge on any atom is -0.497 e. The van der Waals surface area contributed by atoms with E-state index in [-0.39, 0.29) is 6.04 Å². The van der Waals surface area contributed by atoms with Crippen molar-refractivity contribution in [2.75, 3.05) is 14.2 Å². The predicted octanol–water partition coefficient (Wildman–Crippen LogP) is 3.01. The van der Waals surface area contributed by atoms with Crippen LogP contribution in [0.4, 0.5) is 0 Å². The highest BCUT2D eigenvalue weighted by molar-refractivity contribution is 5.78. The standard InChI is InChI=1S/C17H19N3O/c1-18-16(13-7-9-15(21-2)10-8-13)12-20-17-6-4-3-5-14(17)11-19-20/h3-11,16,18H,12H2,1-2H3. The molecule has 21 heavy (non-hydrogen) atoms. The molecule has 0 aliphatic carbocycles. The second-order valence-corrected chi connectivity index (χ2v) is 5.00. The number of nitrogens with one attached hydrogen (secondary N) is 1. The molecule has 0 fully saturated rings. The largest absolute Gasteiger partial charge is 0.497 e. The highest BCUT2D eigenvalue weighted by atomic mass is 16.5. The summed E-state index contributed by atoms with van der Waals surface area (Å²) < 4.78 is 7.25. The van der Waals surface area contributed by atoms with Crippen LogP contribution in [0.25, 0.3) is 10.9 Å². The van der Waals surface area contributed by atoms with Gasteiger partial charge in [-0.1, -0.05) is 30.3 Å². The third-order valence-electron chi connectivity index (χ3n) is 3.77. The van der Waals surface area contributed by atoms with Crippen molar-refractivity contribution < 1.29 is 4.74 Å². The van der Waals surface area contributed by atoms with Crippen LogP contribution in [0.15, 0.2) is 54.7 Å². The van der Waals surface area contributed by atoms with Crippen molar-refractivity contribution in [1.29, 1.82) is 0 Å². The average molecular weight is 281 g/mol. The van der Waals surface area contributed by atoms with Crippen molar-refractivity contribution in [2.24, 2.45) is 0 Å². The SMILES string of the molecule is CNC(Cn1ncc2ccccc21)c1ccc(OC)cc1. The Balaban J connectivity index is 1.86. The van der Waals surface area contributed by atoms with Gasteiger partial charge in [0.25, 0.3) is 0 Å². The Hall–Kier alpha value is -2.33. The van der Waals surface area contributed by atoms with Gasteiger partial charge in [-0.05, 0) is 30.8 Å². The molecule has 3 rings (SSSR count). The van der Waals surface area contributed by atoms with Gasteiger partial charge in [-0.15, -0.1) is 0 Å². The summed E-state index contributed by atoms with van der Waals surface area (Å²) in [6.07, 6.45) is 1.91. The second kappa shape index (κ2) is 5.97. The van der Waals surface area contributed by atoms with Gasteiger partial charge >= 0.3 is 0 Å². The first-order chi connectivity index (χ1) is 10.3. The fraction of sp³-hybridized carbons (Fsp3) is 0.235. The van der Waals surface area contributed by atoms with Crippen molar-refractivity contribution in [3.63, 3.8) is 0 Å². The molecular formula is C17H19N3O. The lowest BCUT2D eigenvalue weighted by molar-refractivity contribution is 0.414. The molecule has 1 unspecified atom stereocenters. The Morgan fingerprint density at radius 1 is 1.14 bits per heavy atom. The molecule has 0 aliphatic rings. The van der Waals surface area contributed by atoms with Crippen molar-refractivity contribution in [2.45, 2.75) is 12.6 Å². The molecular weight excluding hydrogens is 262 g/mol. The van der Waals surface area contributed by atoms with E-state index in [1.165, 1.54) is 10.9 Å². The Morgan fingerprint density at radius 3 is 2.62 bits per heavy atom. The minimum absolute atomic E-state index is 0.208. The first-order valence-corrected chi connectivity index (χ1v) is 7.03. The van der Waals surface area contributed by atoms with Gasteiger partial charge in [0.1, 0.15) is 5.75 Å². The van der Waals surface area contributed by atoms with E-state index in [2.05, 4.69) is 34.7 Å². The van der Waals surface area contributed by atoms with Crippen LogP contribution in [0.3, 0.4) is 0 Å². The van der Waals surface area contributed by atoms with Gasteiger partial charge in [0.05, 0.1) is 31.4 Å². The molecule has 1 heterocycles. The number of fused-ring (bicyclic) bond motifs is 1. The second-order valence-electron chi connectivity index (χ2n) is 5.00. The lowest BCUT2D eigenvalue weighted by atomic mass is 10.1. The van der Waals surface area contributed by atoms with E-state index in [1.807, 2.05) is 42.2 Å². The van der Waals surface area contributed by atoms with Gasteiger partial charge in [0.2, 0.25) is 0 Å². The molecule has 0 saturated carbocycles. The number of nitrogens with zero attached hydrogens (tertiary/aromatic N) is 2. The molecule has 0 spiro atoms. The number of hydrogen-bond donors (Lipinski definition) is 1. The number of rotatable bonds is 5. The van der Waals surface area contributed by atoms with Crippen LogP contribution < -0.4 is 10.1 Å². The number of methoxy groups -OCH3 is 1. The van der Waals surface area contributed by atoms with E-state index < -0.39 is 0 Å². The van der Waals surface area contributed by atoms with Gasteiger partial charge in [0.15, 0.2) is 0 Å². The van der Waals surface area contributed by atoms with E-state index in [1.54, 1.807) is 7.11 Å². The molecule has 108 valence electrons. The maximum Gasteiger partial charge on any atom is 0.118 e. The van der Waals surface area contributed by atoms with E-state index in [0.717, 1.165) is 17.8 Å². The fourth-order valence-corrected chi connectivity index (χ4v) is 2.54. The summed E-state index contributed by atoms with van der Waals surface area (Å²) >= 11 is 0. The number of benzene rings is 2. The summed E-state index contributed by atoms with van der Waals surface area (Å²) in [6.45, 7) is 0.788. The van der Waals surface area contributed by atoms with Crippen LogP contribution in [0.5, 0.6) is 5.75 Å². The number of para-hydroxylation sites is 1. The number of likely N-dealkylation sites (N-methyl/N-ethyl adjacent to an activating group) is 1. The van der Waals surface area contributed by atoms with Gasteiger partial charge in [0, 0.05) is 5.39 Å². The Kier molecular flexibility index (Phi) is 3.88. The normalized spacial score (nSPS) is 12.5. The molecule has 4 nitrogen and oxygen atoms in total. The highest BCUT2D eigenvalue weighted by Gasteiger charge is 2.12. The minimum atomic E-state index is 0.208. The molecule has 0 radical (unpaired) electrons. The summed E-state index contributed by atoms with van der Waals surface area (Å²) in [5.41, 5.74) is 2.38. The molecule has 3 aromatic rings. The summed E-state index contributed by atoms with van der Waals surface area (Å²) in [6, 6.07) is 16.6. The molecule has 0 amide bonds. The molecule has 1 aromatic heterocycles. The molecule has 0 saturated heterocycles. The van der Waals surface area contributed by atoms with E-state index in [4.69, 9.17) is 4.74 Å². The fourth-order valence-electron chi connectivity index (χ4n) is 2.54. The van der Waals surface area contributed by atoms with Crippen molar-refractivity contribution in [3.8, 4) is 5.75 Å². The van der Waals surface area contributed by atoms with Crippen LogP contribution in [-0.2, 0) is 6.54 Å². The lowest BCUT2D eigenvalue weighted by Gasteiger charge is -2.17. The van der Waals surface area contributed by atoms with Gasteiger partial charge in [-0.25, -0.2) is 0 Å². The van der Waals surface area contributed by atoms with Crippen LogP contribution >= 0.6 is 0 Å². The number of aromatic nitrogens is 2. The van der Waals surface area contributed by atoms with Crippen molar-refractivity contribution in [1.82, 2.24) is 15.1 Å². The zero-order valence-corrected chi connectivity index (χ0v) is 12.3. The van der Waals surface area contributed by atoms with Crippen molar-refractivity contribution >= 4 is 10.9 Å². The molecule has 2 aromatic carbocycles. The quantitative estimate of drug-likeness (QED) is 0.781. The monoisotopic (exact) mass is 281 g/mol. The van der Waals surface area contributed by atoms with Crippen LogP contribution in [0.2, 0.25) is 0 Å². The maximum absolute atomic E-state index is 5.21. The average Bonchev–Trinajstić information content (AvgIpc) is 2.96. The first-order valence-electron chi connectivity index (χ1n) is 7.03. The summed E-state index contributed by atoms with van der Waals surface area (Å²) in [7, 11) is 3.65. The third-order valence-corrected chi connectivity index (χ3v) is 3.77. The van der Waals surface area contributed by atoms with Crippen LogP contribution in [0.1, 0.15) is 11.6 Å². The van der Waals surface area contributed by atoms with Gasteiger partial charge in [-0.3, -0.25) is 4.68 Å². The number of hydrogen-bond acceptors (Lipinski definition) is 3. The number of ether oxygens (including phenoxy) is 1.